The quantitative estimate of drug-likeness (QED) is 0.749. The van der Waals surface area contributed by atoms with Crippen molar-refractivity contribution in [2.24, 2.45) is 0 Å². The van der Waals surface area contributed by atoms with E-state index in [1.54, 1.807) is 0 Å². The SMILES string of the molecule is C=[Si](Oc1ccccc1)Oc1ccccc1. The van der Waals surface area contributed by atoms with Crippen LogP contribution in [0.3, 0.4) is 0 Å². The number of hydrogen-bond acceptors (Lipinski definition) is 2. The predicted octanol–water partition coefficient (Wildman–Crippen LogP) is 2.65. The summed E-state index contributed by atoms with van der Waals surface area (Å²) in [5.74, 6) is 1.59. The highest BCUT2D eigenvalue weighted by Crippen LogP contribution is 2.11. The normalized spacial score (nSPS) is 9.50. The molecule has 3 heteroatoms. The Morgan fingerprint density at radius 2 is 1.06 bits per heavy atom. The van der Waals surface area contributed by atoms with Crippen molar-refractivity contribution in [2.45, 2.75) is 0 Å². The molecular formula is C13H12O2Si. The first-order valence-corrected chi connectivity index (χ1v) is 6.52. The van der Waals surface area contributed by atoms with Gasteiger partial charge in [0.2, 0.25) is 0 Å². The zero-order valence-electron chi connectivity index (χ0n) is 8.80. The van der Waals surface area contributed by atoms with Crippen LogP contribution in [0.25, 0.3) is 0 Å². The summed E-state index contributed by atoms with van der Waals surface area (Å²) >= 11 is 0. The standard InChI is InChI=1S/C13H12O2Si/c1-16(14-12-8-4-2-5-9-12)15-13-10-6-3-7-11-13/h2-11H,1H2. The van der Waals surface area contributed by atoms with Crippen LogP contribution in [0.15, 0.2) is 60.7 Å². The van der Waals surface area contributed by atoms with Crippen molar-refractivity contribution in [1.29, 1.82) is 0 Å². The summed E-state index contributed by atoms with van der Waals surface area (Å²) in [4.78, 5) is 0. The molecule has 0 atom stereocenters. The van der Waals surface area contributed by atoms with E-state index in [0.29, 0.717) is 0 Å². The van der Waals surface area contributed by atoms with E-state index in [9.17, 15) is 0 Å². The fourth-order valence-electron chi connectivity index (χ4n) is 1.26. The lowest BCUT2D eigenvalue weighted by atomic mass is 10.3. The van der Waals surface area contributed by atoms with Gasteiger partial charge in [0.25, 0.3) is 0 Å². The van der Waals surface area contributed by atoms with Gasteiger partial charge in [-0.05, 0) is 30.4 Å². The molecule has 0 aliphatic rings. The van der Waals surface area contributed by atoms with Crippen LogP contribution in [0.5, 0.6) is 11.5 Å². The molecule has 2 nitrogen and oxygen atoms in total. The Hall–Kier alpha value is -1.87. The van der Waals surface area contributed by atoms with Gasteiger partial charge < -0.3 is 8.85 Å². The van der Waals surface area contributed by atoms with Crippen LogP contribution in [0, 0.1) is 0 Å². The average molecular weight is 228 g/mol. The highest BCUT2D eigenvalue weighted by Gasteiger charge is 2.02. The van der Waals surface area contributed by atoms with E-state index >= 15 is 0 Å². The third-order valence-corrected chi connectivity index (χ3v) is 2.88. The van der Waals surface area contributed by atoms with Crippen molar-refractivity contribution in [2.75, 3.05) is 0 Å². The Labute approximate surface area is 96.5 Å². The van der Waals surface area contributed by atoms with Crippen LogP contribution >= 0.6 is 0 Å². The predicted molar refractivity (Wildman–Crippen MR) is 67.0 cm³/mol. The number of rotatable bonds is 4. The van der Waals surface area contributed by atoms with E-state index in [4.69, 9.17) is 8.85 Å². The van der Waals surface area contributed by atoms with Crippen molar-refractivity contribution in [3.63, 3.8) is 0 Å². The molecular weight excluding hydrogens is 216 g/mol. The van der Waals surface area contributed by atoms with Crippen LogP contribution in [0.1, 0.15) is 0 Å². The summed E-state index contributed by atoms with van der Waals surface area (Å²) in [6.45, 7) is 0. The first kappa shape index (κ1) is 10.6. The van der Waals surface area contributed by atoms with Gasteiger partial charge in [-0.15, -0.1) is 0 Å². The Bertz CT molecular complexity index is 410. The second-order valence-electron chi connectivity index (χ2n) is 3.20. The van der Waals surface area contributed by atoms with Gasteiger partial charge in [-0.2, -0.15) is 0 Å². The number of para-hydroxylation sites is 2. The second-order valence-corrected chi connectivity index (χ2v) is 4.35. The van der Waals surface area contributed by atoms with E-state index in [0.717, 1.165) is 11.5 Å². The molecule has 0 radical (unpaired) electrons. The first-order chi connectivity index (χ1) is 7.84. The Kier molecular flexibility index (Phi) is 3.51. The molecule has 0 aliphatic carbocycles. The summed E-state index contributed by atoms with van der Waals surface area (Å²) in [6, 6.07) is 19.2. The van der Waals surface area contributed by atoms with Crippen LogP contribution < -0.4 is 8.85 Å². The van der Waals surface area contributed by atoms with Crippen LogP contribution in [0.2, 0.25) is 0 Å². The summed E-state index contributed by atoms with van der Waals surface area (Å²) in [5, 5.41) is 0. The van der Waals surface area contributed by atoms with Gasteiger partial charge >= 0.3 is 8.90 Å². The van der Waals surface area contributed by atoms with Gasteiger partial charge in [-0.3, -0.25) is 0 Å². The maximum atomic E-state index is 5.59. The molecule has 2 aromatic carbocycles. The van der Waals surface area contributed by atoms with Gasteiger partial charge in [0, 0.05) is 0 Å². The molecule has 0 saturated carbocycles. The molecule has 2 rings (SSSR count). The monoisotopic (exact) mass is 228 g/mol. The van der Waals surface area contributed by atoms with E-state index in [2.05, 4.69) is 6.17 Å². The van der Waals surface area contributed by atoms with Crippen LogP contribution in [-0.4, -0.2) is 15.1 Å². The molecule has 2 aromatic rings. The highest BCUT2D eigenvalue weighted by atomic mass is 28.3. The minimum atomic E-state index is -1.54. The zero-order valence-corrected chi connectivity index (χ0v) is 9.80. The van der Waals surface area contributed by atoms with Crippen LogP contribution in [-0.2, 0) is 0 Å². The third-order valence-electron chi connectivity index (χ3n) is 1.95. The molecule has 0 heterocycles. The number of benzene rings is 2. The highest BCUT2D eigenvalue weighted by molar-refractivity contribution is 6.50. The summed E-state index contributed by atoms with van der Waals surface area (Å²) < 4.78 is 11.2. The van der Waals surface area contributed by atoms with Crippen molar-refractivity contribution < 1.29 is 8.85 Å². The largest absolute Gasteiger partial charge is 0.487 e. The summed E-state index contributed by atoms with van der Waals surface area (Å²) in [5.41, 5.74) is 0. The molecule has 0 bridgehead atoms. The molecule has 0 N–H and O–H groups in total. The van der Waals surface area contributed by atoms with Crippen molar-refractivity contribution >= 4 is 15.1 Å². The minimum Gasteiger partial charge on any atom is -0.487 e. The molecule has 0 amide bonds. The Morgan fingerprint density at radius 3 is 1.44 bits per heavy atom. The van der Waals surface area contributed by atoms with Crippen molar-refractivity contribution in [1.82, 2.24) is 0 Å². The summed E-state index contributed by atoms with van der Waals surface area (Å²) in [7, 11) is -1.54. The van der Waals surface area contributed by atoms with Gasteiger partial charge in [-0.25, -0.2) is 0 Å². The molecule has 0 unspecified atom stereocenters. The van der Waals surface area contributed by atoms with Gasteiger partial charge in [0.1, 0.15) is 11.5 Å². The first-order valence-electron chi connectivity index (χ1n) is 4.99. The van der Waals surface area contributed by atoms with E-state index in [1.165, 1.54) is 0 Å². The fourth-order valence-corrected chi connectivity index (χ4v) is 2.10. The molecule has 0 aliphatic heterocycles. The lowest BCUT2D eigenvalue weighted by Crippen LogP contribution is -2.19. The molecule has 16 heavy (non-hydrogen) atoms. The van der Waals surface area contributed by atoms with Gasteiger partial charge in [0.15, 0.2) is 0 Å². The van der Waals surface area contributed by atoms with E-state index in [1.807, 2.05) is 60.7 Å². The van der Waals surface area contributed by atoms with Crippen molar-refractivity contribution in [3.8, 4) is 11.5 Å². The maximum absolute atomic E-state index is 5.59. The molecule has 0 fully saturated rings. The Balaban J connectivity index is 1.95. The second kappa shape index (κ2) is 5.28. The fraction of sp³-hybridized carbons (Fsp3) is 0. The van der Waals surface area contributed by atoms with Crippen molar-refractivity contribution in [3.05, 3.63) is 60.7 Å². The van der Waals surface area contributed by atoms with Gasteiger partial charge in [-0.1, -0.05) is 36.4 Å². The zero-order chi connectivity index (χ0) is 11.2. The molecule has 0 spiro atoms. The van der Waals surface area contributed by atoms with Crippen LogP contribution in [0.4, 0.5) is 0 Å². The van der Waals surface area contributed by atoms with Gasteiger partial charge in [0.05, 0.1) is 0 Å². The lowest BCUT2D eigenvalue weighted by molar-refractivity contribution is 0.452. The van der Waals surface area contributed by atoms with E-state index < -0.39 is 8.90 Å². The molecule has 80 valence electrons. The average Bonchev–Trinajstić information content (AvgIpc) is 2.31. The topological polar surface area (TPSA) is 18.5 Å². The minimum absolute atomic E-state index is 0.794. The smallest absolute Gasteiger partial charge is 0.483 e. The summed E-state index contributed by atoms with van der Waals surface area (Å²) in [6.07, 6.45) is 3.89. The molecule has 0 aromatic heterocycles. The maximum Gasteiger partial charge on any atom is 0.483 e. The Morgan fingerprint density at radius 1 is 0.688 bits per heavy atom. The number of hydrogen-bond donors (Lipinski definition) is 0. The van der Waals surface area contributed by atoms with E-state index in [-0.39, 0.29) is 0 Å². The lowest BCUT2D eigenvalue weighted by Gasteiger charge is -2.08. The third kappa shape index (κ3) is 3.07. The molecule has 0 saturated heterocycles.